The third kappa shape index (κ3) is 2.08. The highest BCUT2D eigenvalue weighted by Gasteiger charge is 2.18. The molecule has 0 unspecified atom stereocenters. The number of imidazole rings is 1. The molecule has 4 aromatic rings. The molecule has 3 heterocycles. The summed E-state index contributed by atoms with van der Waals surface area (Å²) in [5.74, 6) is 0. The van der Waals surface area contributed by atoms with E-state index in [9.17, 15) is 5.11 Å². The van der Waals surface area contributed by atoms with Crippen LogP contribution < -0.4 is 0 Å². The Morgan fingerprint density at radius 1 is 1.10 bits per heavy atom. The predicted octanol–water partition coefficient (Wildman–Crippen LogP) is 3.68. The molecule has 0 spiro atoms. The van der Waals surface area contributed by atoms with Gasteiger partial charge in [0.25, 0.3) is 0 Å². The Balaban J connectivity index is 1.89. The summed E-state index contributed by atoms with van der Waals surface area (Å²) in [5.41, 5.74) is 2.63. The van der Waals surface area contributed by atoms with Crippen molar-refractivity contribution >= 4 is 27.6 Å². The molecule has 0 aliphatic rings. The van der Waals surface area contributed by atoms with Gasteiger partial charge in [0, 0.05) is 5.56 Å². The second-order valence-electron chi connectivity index (χ2n) is 4.51. The Morgan fingerprint density at radius 2 is 1.95 bits per heavy atom. The average Bonchev–Trinajstić information content (AvgIpc) is 3.22. The van der Waals surface area contributed by atoms with Crippen LogP contribution >= 0.6 is 22.7 Å². The second-order valence-corrected chi connectivity index (χ2v) is 6.41. The van der Waals surface area contributed by atoms with E-state index in [1.807, 2.05) is 47.8 Å². The lowest BCUT2D eigenvalue weighted by atomic mass is 10.2. The largest absolute Gasteiger partial charge is 0.390 e. The molecule has 4 rings (SSSR count). The number of rotatable bonds is 3. The van der Waals surface area contributed by atoms with Crippen molar-refractivity contribution in [1.29, 1.82) is 0 Å². The summed E-state index contributed by atoms with van der Waals surface area (Å²) in [4.78, 5) is 6.50. The number of aliphatic hydroxyl groups excluding tert-OH is 1. The Bertz CT molecular complexity index is 879. The Hall–Kier alpha value is -2.02. The molecular formula is C15H11N3OS2. The van der Waals surface area contributed by atoms with E-state index in [1.165, 1.54) is 11.3 Å². The number of aromatic nitrogens is 3. The van der Waals surface area contributed by atoms with Crippen LogP contribution in [0.25, 0.3) is 26.1 Å². The lowest BCUT2D eigenvalue weighted by Gasteiger charge is -1.97. The predicted molar refractivity (Wildman–Crippen MR) is 85.5 cm³/mol. The monoisotopic (exact) mass is 313 g/mol. The van der Waals surface area contributed by atoms with Gasteiger partial charge >= 0.3 is 0 Å². The van der Waals surface area contributed by atoms with E-state index in [0.717, 1.165) is 31.8 Å². The first kappa shape index (κ1) is 12.7. The molecule has 0 saturated heterocycles. The maximum absolute atomic E-state index is 9.69. The molecule has 1 aromatic carbocycles. The molecule has 0 aliphatic heterocycles. The number of thiophene rings is 1. The van der Waals surface area contributed by atoms with Gasteiger partial charge in [-0.3, -0.25) is 0 Å². The Kier molecular flexibility index (Phi) is 3.07. The number of hydrogen-bond acceptors (Lipinski definition) is 5. The molecule has 1 N–H and O–H groups in total. The highest BCUT2D eigenvalue weighted by molar-refractivity contribution is 7.20. The zero-order valence-corrected chi connectivity index (χ0v) is 12.6. The molecule has 4 nitrogen and oxygen atoms in total. The van der Waals surface area contributed by atoms with Crippen molar-refractivity contribution in [2.24, 2.45) is 0 Å². The first-order valence-electron chi connectivity index (χ1n) is 6.45. The third-order valence-electron chi connectivity index (χ3n) is 3.22. The van der Waals surface area contributed by atoms with Crippen molar-refractivity contribution < 1.29 is 5.11 Å². The number of nitrogens with zero attached hydrogens (tertiary/aromatic N) is 3. The lowest BCUT2D eigenvalue weighted by molar-refractivity contribution is 0.275. The van der Waals surface area contributed by atoms with E-state index in [0.29, 0.717) is 0 Å². The quantitative estimate of drug-likeness (QED) is 0.628. The number of fused-ring (bicyclic) bond motifs is 1. The van der Waals surface area contributed by atoms with Gasteiger partial charge in [-0.1, -0.05) is 47.7 Å². The van der Waals surface area contributed by atoms with Crippen molar-refractivity contribution in [2.45, 2.75) is 6.61 Å². The van der Waals surface area contributed by atoms with Gasteiger partial charge in [-0.15, -0.1) is 11.3 Å². The van der Waals surface area contributed by atoms with Gasteiger partial charge in [-0.2, -0.15) is 5.10 Å². The van der Waals surface area contributed by atoms with Crippen molar-refractivity contribution in [2.75, 3.05) is 0 Å². The van der Waals surface area contributed by atoms with Crippen LogP contribution in [0.1, 0.15) is 5.69 Å². The van der Waals surface area contributed by atoms with Crippen LogP contribution in [0.2, 0.25) is 0 Å². The smallest absolute Gasteiger partial charge is 0.213 e. The molecule has 3 aromatic heterocycles. The van der Waals surface area contributed by atoms with Gasteiger partial charge in [0.2, 0.25) is 4.96 Å². The van der Waals surface area contributed by atoms with E-state index in [4.69, 9.17) is 0 Å². The molecule has 0 saturated carbocycles. The number of aliphatic hydroxyl groups is 1. The van der Waals surface area contributed by atoms with Gasteiger partial charge in [-0.05, 0) is 11.4 Å². The first-order chi connectivity index (χ1) is 10.4. The molecule has 0 radical (unpaired) electrons. The van der Waals surface area contributed by atoms with Crippen LogP contribution in [-0.2, 0) is 6.61 Å². The highest BCUT2D eigenvalue weighted by atomic mass is 32.1. The maximum atomic E-state index is 9.69. The topological polar surface area (TPSA) is 50.4 Å². The van der Waals surface area contributed by atoms with Gasteiger partial charge in [0.05, 0.1) is 17.2 Å². The summed E-state index contributed by atoms with van der Waals surface area (Å²) in [5, 5.41) is 17.2. The normalized spacial score (nSPS) is 11.3. The van der Waals surface area contributed by atoms with Crippen LogP contribution in [0.4, 0.5) is 0 Å². The lowest BCUT2D eigenvalue weighted by Crippen LogP contribution is -1.95. The number of hydrogen-bond donors (Lipinski definition) is 1. The zero-order valence-electron chi connectivity index (χ0n) is 10.9. The fourth-order valence-electron chi connectivity index (χ4n) is 2.24. The van der Waals surface area contributed by atoms with Crippen molar-refractivity contribution in [1.82, 2.24) is 14.6 Å². The fourth-order valence-corrected chi connectivity index (χ4v) is 3.90. The van der Waals surface area contributed by atoms with Gasteiger partial charge in [0.1, 0.15) is 10.7 Å². The molecule has 0 atom stereocenters. The minimum atomic E-state index is -0.0770. The second kappa shape index (κ2) is 5.07. The Labute approximate surface area is 129 Å². The summed E-state index contributed by atoms with van der Waals surface area (Å²) in [6.07, 6.45) is 0. The summed E-state index contributed by atoms with van der Waals surface area (Å²) in [6.45, 7) is -0.0770. The molecule has 0 fully saturated rings. The molecule has 0 bridgehead atoms. The Morgan fingerprint density at radius 3 is 2.67 bits per heavy atom. The average molecular weight is 313 g/mol. The van der Waals surface area contributed by atoms with Crippen molar-refractivity contribution in [3.8, 4) is 21.1 Å². The summed E-state index contributed by atoms with van der Waals surface area (Å²) >= 11 is 3.15. The summed E-state index contributed by atoms with van der Waals surface area (Å²) < 4.78 is 1.75. The van der Waals surface area contributed by atoms with Crippen LogP contribution in [0.3, 0.4) is 0 Å². The zero-order chi connectivity index (χ0) is 14.2. The standard InChI is InChI=1S/C15H11N3OS2/c19-9-11-13(12-7-4-8-20-12)16-15-18(11)17-14(21-15)10-5-2-1-3-6-10/h1-8,19H,9H2. The highest BCUT2D eigenvalue weighted by Crippen LogP contribution is 2.32. The summed E-state index contributed by atoms with van der Waals surface area (Å²) in [7, 11) is 0. The molecule has 0 amide bonds. The van der Waals surface area contributed by atoms with Crippen LogP contribution in [0, 0.1) is 0 Å². The minimum Gasteiger partial charge on any atom is -0.390 e. The molecule has 21 heavy (non-hydrogen) atoms. The van der Waals surface area contributed by atoms with E-state index in [2.05, 4.69) is 10.1 Å². The number of benzene rings is 1. The molecular weight excluding hydrogens is 302 g/mol. The fraction of sp³-hybridized carbons (Fsp3) is 0.0667. The third-order valence-corrected chi connectivity index (χ3v) is 5.06. The summed E-state index contributed by atoms with van der Waals surface area (Å²) in [6, 6.07) is 14.0. The SMILES string of the molecule is OCc1c(-c2cccs2)nc2sc(-c3ccccc3)nn12. The van der Waals surface area contributed by atoms with Crippen LogP contribution in [-0.4, -0.2) is 19.7 Å². The molecule has 6 heteroatoms. The van der Waals surface area contributed by atoms with Crippen molar-refractivity contribution in [3.63, 3.8) is 0 Å². The van der Waals surface area contributed by atoms with E-state index in [-0.39, 0.29) is 6.61 Å². The molecule has 0 aliphatic carbocycles. The van der Waals surface area contributed by atoms with Gasteiger partial charge in [0.15, 0.2) is 0 Å². The van der Waals surface area contributed by atoms with E-state index in [1.54, 1.807) is 15.9 Å². The van der Waals surface area contributed by atoms with Crippen LogP contribution in [0.15, 0.2) is 47.8 Å². The van der Waals surface area contributed by atoms with E-state index < -0.39 is 0 Å². The van der Waals surface area contributed by atoms with Crippen molar-refractivity contribution in [3.05, 3.63) is 53.5 Å². The maximum Gasteiger partial charge on any atom is 0.213 e. The van der Waals surface area contributed by atoms with Gasteiger partial charge in [-0.25, -0.2) is 9.50 Å². The minimum absolute atomic E-state index is 0.0770. The van der Waals surface area contributed by atoms with Crippen LogP contribution in [0.5, 0.6) is 0 Å². The molecule has 104 valence electrons. The van der Waals surface area contributed by atoms with E-state index >= 15 is 0 Å². The first-order valence-corrected chi connectivity index (χ1v) is 8.15. The van der Waals surface area contributed by atoms with Gasteiger partial charge < -0.3 is 5.11 Å².